The maximum atomic E-state index is 11.8. The van der Waals surface area contributed by atoms with Crippen molar-refractivity contribution in [1.29, 1.82) is 0 Å². The van der Waals surface area contributed by atoms with Crippen LogP contribution in [0.3, 0.4) is 0 Å². The molecule has 22 heavy (non-hydrogen) atoms. The molecule has 1 aromatic rings. The van der Waals surface area contributed by atoms with Gasteiger partial charge in [-0.2, -0.15) is 0 Å². The summed E-state index contributed by atoms with van der Waals surface area (Å²) in [4.78, 5) is 11.8. The van der Waals surface area contributed by atoms with Gasteiger partial charge in [-0.1, -0.05) is 19.9 Å². The van der Waals surface area contributed by atoms with Crippen molar-refractivity contribution in [2.45, 2.75) is 32.1 Å². The van der Waals surface area contributed by atoms with Gasteiger partial charge >= 0.3 is 0 Å². The molecule has 0 aliphatic carbocycles. The first kappa shape index (κ1) is 18.3. The molecule has 1 aromatic carbocycles. The van der Waals surface area contributed by atoms with E-state index in [0.29, 0.717) is 24.5 Å². The molecule has 0 radical (unpaired) electrons. The number of rotatable bonds is 9. The molecule has 0 saturated heterocycles. The van der Waals surface area contributed by atoms with Crippen molar-refractivity contribution in [2.24, 2.45) is 0 Å². The molecular formula is C17H28N2O3. The lowest BCUT2D eigenvalue weighted by Crippen LogP contribution is -2.36. The van der Waals surface area contributed by atoms with E-state index in [1.54, 1.807) is 14.2 Å². The summed E-state index contributed by atoms with van der Waals surface area (Å²) >= 11 is 0. The molecule has 0 bridgehead atoms. The molecule has 0 aliphatic heterocycles. The van der Waals surface area contributed by atoms with Crippen LogP contribution >= 0.6 is 0 Å². The number of ether oxygens (including phenoxy) is 2. The summed E-state index contributed by atoms with van der Waals surface area (Å²) in [6.07, 6.45) is 1.39. The molecule has 5 heteroatoms. The van der Waals surface area contributed by atoms with E-state index in [1.165, 1.54) is 0 Å². The number of carbonyl (C=O) groups excluding carboxylic acids is 1. The molecule has 0 heterocycles. The zero-order valence-corrected chi connectivity index (χ0v) is 14.3. The molecule has 0 spiro atoms. The Labute approximate surface area is 133 Å². The van der Waals surface area contributed by atoms with Gasteiger partial charge in [0.2, 0.25) is 5.91 Å². The fourth-order valence-electron chi connectivity index (χ4n) is 2.19. The van der Waals surface area contributed by atoms with Crippen LogP contribution in [0.5, 0.6) is 11.5 Å². The average molecular weight is 308 g/mol. The first-order valence-electron chi connectivity index (χ1n) is 7.58. The van der Waals surface area contributed by atoms with Gasteiger partial charge < -0.3 is 20.1 Å². The Kier molecular flexibility index (Phi) is 7.18. The first-order valence-corrected chi connectivity index (χ1v) is 7.58. The van der Waals surface area contributed by atoms with Crippen molar-refractivity contribution in [3.63, 3.8) is 0 Å². The van der Waals surface area contributed by atoms with E-state index in [1.807, 2.05) is 25.2 Å². The normalized spacial score (nSPS) is 11.1. The van der Waals surface area contributed by atoms with Crippen molar-refractivity contribution >= 4 is 5.91 Å². The molecule has 124 valence electrons. The van der Waals surface area contributed by atoms with Crippen molar-refractivity contribution in [2.75, 3.05) is 34.4 Å². The van der Waals surface area contributed by atoms with Crippen LogP contribution in [0.25, 0.3) is 0 Å². The van der Waals surface area contributed by atoms with Crippen LogP contribution in [0.1, 0.15) is 32.3 Å². The standard InChI is InChI=1S/C17H28N2O3/c1-17(2,12-19-16(20)7-6-10-18-3)13-8-9-14(21-4)15(11-13)22-5/h8-9,11,18H,6-7,10,12H2,1-5H3,(H,19,20). The zero-order valence-electron chi connectivity index (χ0n) is 14.3. The highest BCUT2D eigenvalue weighted by Gasteiger charge is 2.23. The monoisotopic (exact) mass is 308 g/mol. The van der Waals surface area contributed by atoms with Gasteiger partial charge in [0, 0.05) is 18.4 Å². The molecule has 0 fully saturated rings. The van der Waals surface area contributed by atoms with Crippen LogP contribution in [0.4, 0.5) is 0 Å². The van der Waals surface area contributed by atoms with Crippen LogP contribution in [-0.2, 0) is 10.2 Å². The van der Waals surface area contributed by atoms with Crippen LogP contribution in [0.2, 0.25) is 0 Å². The van der Waals surface area contributed by atoms with Crippen LogP contribution in [-0.4, -0.2) is 40.3 Å². The third-order valence-electron chi connectivity index (χ3n) is 3.72. The molecular weight excluding hydrogens is 280 g/mol. The minimum Gasteiger partial charge on any atom is -0.493 e. The fourth-order valence-corrected chi connectivity index (χ4v) is 2.19. The Morgan fingerprint density at radius 1 is 1.18 bits per heavy atom. The van der Waals surface area contributed by atoms with E-state index < -0.39 is 0 Å². The molecule has 1 amide bonds. The topological polar surface area (TPSA) is 59.6 Å². The minimum atomic E-state index is -0.182. The van der Waals surface area contributed by atoms with Crippen molar-refractivity contribution < 1.29 is 14.3 Å². The van der Waals surface area contributed by atoms with Crippen LogP contribution < -0.4 is 20.1 Å². The second kappa shape index (κ2) is 8.63. The quantitative estimate of drug-likeness (QED) is 0.686. The maximum absolute atomic E-state index is 11.8. The Morgan fingerprint density at radius 3 is 2.45 bits per heavy atom. The lowest BCUT2D eigenvalue weighted by Gasteiger charge is -2.26. The number of methoxy groups -OCH3 is 2. The summed E-state index contributed by atoms with van der Waals surface area (Å²) in [5, 5.41) is 6.05. The molecule has 0 atom stereocenters. The SMILES string of the molecule is CNCCCC(=O)NCC(C)(C)c1ccc(OC)c(OC)c1. The molecule has 0 aliphatic rings. The average Bonchev–Trinajstić information content (AvgIpc) is 2.52. The van der Waals surface area contributed by atoms with E-state index in [0.717, 1.165) is 18.5 Å². The lowest BCUT2D eigenvalue weighted by atomic mass is 9.84. The summed E-state index contributed by atoms with van der Waals surface area (Å²) in [7, 11) is 5.13. The van der Waals surface area contributed by atoms with Gasteiger partial charge in [-0.3, -0.25) is 4.79 Å². The second-order valence-electron chi connectivity index (χ2n) is 5.94. The van der Waals surface area contributed by atoms with Crippen LogP contribution in [0.15, 0.2) is 18.2 Å². The lowest BCUT2D eigenvalue weighted by molar-refractivity contribution is -0.121. The van der Waals surface area contributed by atoms with Crippen molar-refractivity contribution in [3.8, 4) is 11.5 Å². The van der Waals surface area contributed by atoms with Gasteiger partial charge in [-0.15, -0.1) is 0 Å². The molecule has 0 aromatic heterocycles. The smallest absolute Gasteiger partial charge is 0.220 e. The van der Waals surface area contributed by atoms with Gasteiger partial charge in [-0.25, -0.2) is 0 Å². The highest BCUT2D eigenvalue weighted by Crippen LogP contribution is 2.32. The molecule has 0 saturated carbocycles. The highest BCUT2D eigenvalue weighted by molar-refractivity contribution is 5.76. The summed E-state index contributed by atoms with van der Waals surface area (Å²) in [5.74, 6) is 1.50. The van der Waals surface area contributed by atoms with E-state index in [9.17, 15) is 4.79 Å². The predicted molar refractivity (Wildman–Crippen MR) is 88.7 cm³/mol. The minimum absolute atomic E-state index is 0.0869. The predicted octanol–water partition coefficient (Wildman–Crippen LogP) is 2.10. The molecule has 1 rings (SSSR count). The molecule has 0 unspecified atom stereocenters. The Morgan fingerprint density at radius 2 is 1.86 bits per heavy atom. The largest absolute Gasteiger partial charge is 0.493 e. The Balaban J connectivity index is 2.67. The molecule has 5 nitrogen and oxygen atoms in total. The van der Waals surface area contributed by atoms with Gasteiger partial charge in [0.1, 0.15) is 0 Å². The van der Waals surface area contributed by atoms with Gasteiger partial charge in [0.25, 0.3) is 0 Å². The fraction of sp³-hybridized carbons (Fsp3) is 0.588. The number of hydrogen-bond acceptors (Lipinski definition) is 4. The van der Waals surface area contributed by atoms with Crippen LogP contribution in [0, 0.1) is 0 Å². The van der Waals surface area contributed by atoms with E-state index in [4.69, 9.17) is 9.47 Å². The Bertz CT molecular complexity index is 487. The second-order valence-corrected chi connectivity index (χ2v) is 5.94. The highest BCUT2D eigenvalue weighted by atomic mass is 16.5. The first-order chi connectivity index (χ1) is 10.4. The summed E-state index contributed by atoms with van der Waals surface area (Å²) in [5.41, 5.74) is 0.916. The van der Waals surface area contributed by atoms with Crippen molar-refractivity contribution in [3.05, 3.63) is 23.8 Å². The molecule has 2 N–H and O–H groups in total. The van der Waals surface area contributed by atoms with Gasteiger partial charge in [0.05, 0.1) is 14.2 Å². The summed E-state index contributed by atoms with van der Waals surface area (Å²) in [6, 6.07) is 5.87. The number of hydrogen-bond donors (Lipinski definition) is 2. The van der Waals surface area contributed by atoms with Crippen molar-refractivity contribution in [1.82, 2.24) is 10.6 Å². The number of carbonyl (C=O) groups is 1. The maximum Gasteiger partial charge on any atom is 0.220 e. The number of benzene rings is 1. The van der Waals surface area contributed by atoms with E-state index in [2.05, 4.69) is 24.5 Å². The van der Waals surface area contributed by atoms with E-state index in [-0.39, 0.29) is 11.3 Å². The Hall–Kier alpha value is -1.75. The number of amides is 1. The summed E-state index contributed by atoms with van der Waals surface area (Å²) < 4.78 is 10.6. The zero-order chi connectivity index (χ0) is 16.6. The third kappa shape index (κ3) is 5.22. The summed E-state index contributed by atoms with van der Waals surface area (Å²) in [6.45, 7) is 5.64. The van der Waals surface area contributed by atoms with E-state index >= 15 is 0 Å². The third-order valence-corrected chi connectivity index (χ3v) is 3.72. The van der Waals surface area contributed by atoms with Gasteiger partial charge in [0.15, 0.2) is 11.5 Å². The number of nitrogens with one attached hydrogen (secondary N) is 2. The van der Waals surface area contributed by atoms with Gasteiger partial charge in [-0.05, 0) is 37.7 Å².